The molecule has 0 aliphatic carbocycles. The Labute approximate surface area is 82.4 Å². The van der Waals surface area contributed by atoms with Gasteiger partial charge in [-0.1, -0.05) is 18.2 Å². The van der Waals surface area contributed by atoms with Crippen LogP contribution >= 0.6 is 0 Å². The molecule has 1 heterocycles. The van der Waals surface area contributed by atoms with E-state index in [0.29, 0.717) is 0 Å². The van der Waals surface area contributed by atoms with E-state index in [2.05, 4.69) is 23.2 Å². The number of para-hydroxylation sites is 1. The van der Waals surface area contributed by atoms with Crippen molar-refractivity contribution in [3.63, 3.8) is 0 Å². The lowest BCUT2D eigenvalue weighted by Crippen LogP contribution is -1.90. The first-order valence-electron chi connectivity index (χ1n) is 3.67. The van der Waals surface area contributed by atoms with Crippen LogP contribution in [0.4, 0.5) is 0 Å². The molecule has 0 saturated heterocycles. The van der Waals surface area contributed by atoms with Gasteiger partial charge in [0.2, 0.25) is 10.4 Å². The second kappa shape index (κ2) is 4.23. The zero-order chi connectivity index (χ0) is 10.6. The minimum Gasteiger partial charge on any atom is -0.726 e. The van der Waals surface area contributed by atoms with Gasteiger partial charge in [0.25, 0.3) is 0 Å². The van der Waals surface area contributed by atoms with E-state index in [4.69, 9.17) is 17.5 Å². The van der Waals surface area contributed by atoms with Crippen LogP contribution in [0, 0.1) is 0 Å². The Bertz CT molecular complexity index is 470. The van der Waals surface area contributed by atoms with Gasteiger partial charge in [-0.25, -0.2) is 8.42 Å². The van der Waals surface area contributed by atoms with Crippen LogP contribution in [-0.4, -0.2) is 22.5 Å². The molecule has 2 aromatic rings. The van der Waals surface area contributed by atoms with Crippen LogP contribution in [0.2, 0.25) is 0 Å². The van der Waals surface area contributed by atoms with Crippen molar-refractivity contribution in [2.24, 2.45) is 0 Å². The molecule has 6 heteroatoms. The molecule has 0 radical (unpaired) electrons. The molecule has 1 aromatic carbocycles. The molecule has 1 aromatic heterocycles. The third-order valence-corrected chi connectivity index (χ3v) is 1.46. The SMILES string of the molecule is O=S(=O)([O-])O.[H+].c1ccc2[nH]ccc2c1. The van der Waals surface area contributed by atoms with Gasteiger partial charge >= 0.3 is 1.43 Å². The van der Waals surface area contributed by atoms with E-state index < -0.39 is 10.4 Å². The smallest absolute Gasteiger partial charge is 0.726 e. The van der Waals surface area contributed by atoms with Crippen LogP contribution in [0.5, 0.6) is 0 Å². The van der Waals surface area contributed by atoms with Gasteiger partial charge in [0.15, 0.2) is 0 Å². The minimum atomic E-state index is -4.92. The first kappa shape index (κ1) is 10.7. The van der Waals surface area contributed by atoms with Crippen LogP contribution in [0.3, 0.4) is 0 Å². The summed E-state index contributed by atoms with van der Waals surface area (Å²) in [4.78, 5) is 3.12. The molecule has 0 aliphatic heterocycles. The molecule has 0 spiro atoms. The molecule has 0 bridgehead atoms. The number of aromatic amines is 1. The average molecular weight is 215 g/mol. The van der Waals surface area contributed by atoms with Gasteiger partial charge in [0.1, 0.15) is 0 Å². The summed E-state index contributed by atoms with van der Waals surface area (Å²) < 4.78 is 32.8. The van der Waals surface area contributed by atoms with Gasteiger partial charge in [-0.3, -0.25) is 4.55 Å². The van der Waals surface area contributed by atoms with Gasteiger partial charge in [0.05, 0.1) is 0 Å². The number of aromatic nitrogens is 1. The Morgan fingerprint density at radius 1 is 1.29 bits per heavy atom. The standard InChI is InChI=1S/C8H7N.H2O4S/c1-2-4-8-7(3-1)5-6-9-8;1-5(2,3)4/h1-6,9H;(H2,1,2,3,4). The Morgan fingerprint density at radius 3 is 2.43 bits per heavy atom. The van der Waals surface area contributed by atoms with Gasteiger partial charge in [-0.05, 0) is 17.5 Å². The van der Waals surface area contributed by atoms with Crippen LogP contribution in [0.25, 0.3) is 10.9 Å². The summed E-state index contributed by atoms with van der Waals surface area (Å²) in [6.45, 7) is 0. The summed E-state index contributed by atoms with van der Waals surface area (Å²) >= 11 is 0. The van der Waals surface area contributed by atoms with Gasteiger partial charge in [-0.2, -0.15) is 0 Å². The second-order valence-corrected chi connectivity index (χ2v) is 3.35. The average Bonchev–Trinajstić information content (AvgIpc) is 2.47. The Kier molecular flexibility index (Phi) is 3.23. The second-order valence-electron chi connectivity index (χ2n) is 2.49. The summed E-state index contributed by atoms with van der Waals surface area (Å²) in [7, 11) is -4.92. The highest BCUT2D eigenvalue weighted by atomic mass is 32.3. The summed E-state index contributed by atoms with van der Waals surface area (Å²) in [6, 6.07) is 10.3. The summed E-state index contributed by atoms with van der Waals surface area (Å²) in [6.07, 6.45) is 1.95. The fraction of sp³-hybridized carbons (Fsp3) is 0. The van der Waals surface area contributed by atoms with Crippen molar-refractivity contribution in [3.8, 4) is 0 Å². The van der Waals surface area contributed by atoms with E-state index in [0.717, 1.165) is 0 Å². The maximum Gasteiger partial charge on any atom is 1.00 e. The molecule has 0 saturated carbocycles. The molecule has 14 heavy (non-hydrogen) atoms. The van der Waals surface area contributed by atoms with Gasteiger partial charge in [0, 0.05) is 11.7 Å². The van der Waals surface area contributed by atoms with E-state index in [1.807, 2.05) is 18.3 Å². The lowest BCUT2D eigenvalue weighted by molar-refractivity contribution is 0.366. The number of benzene rings is 1. The molecular formula is C8H9NO4S. The van der Waals surface area contributed by atoms with Gasteiger partial charge in [-0.15, -0.1) is 0 Å². The predicted octanol–water partition coefficient (Wildman–Crippen LogP) is 1.29. The molecule has 0 aliphatic rings. The first-order chi connectivity index (χ1) is 6.47. The third-order valence-electron chi connectivity index (χ3n) is 1.46. The lowest BCUT2D eigenvalue weighted by Gasteiger charge is -1.88. The minimum absolute atomic E-state index is 0. The number of hydrogen-bond donors (Lipinski definition) is 2. The Morgan fingerprint density at radius 2 is 1.86 bits per heavy atom. The van der Waals surface area contributed by atoms with Crippen LogP contribution < -0.4 is 0 Å². The van der Waals surface area contributed by atoms with Gasteiger partial charge < -0.3 is 9.54 Å². The molecule has 76 valence electrons. The number of fused-ring (bicyclic) bond motifs is 1. The predicted molar refractivity (Wildman–Crippen MR) is 51.7 cm³/mol. The van der Waals surface area contributed by atoms with E-state index in [1.54, 1.807) is 0 Å². The van der Waals surface area contributed by atoms with Crippen LogP contribution in [-0.2, 0) is 10.4 Å². The van der Waals surface area contributed by atoms with Crippen molar-refractivity contribution in [3.05, 3.63) is 36.5 Å². The zero-order valence-electron chi connectivity index (χ0n) is 8.04. The Balaban J connectivity index is 0.000000289. The lowest BCUT2D eigenvalue weighted by atomic mass is 10.3. The third kappa shape index (κ3) is 4.04. The number of nitrogens with one attached hydrogen (secondary N) is 1. The van der Waals surface area contributed by atoms with E-state index in [9.17, 15) is 0 Å². The van der Waals surface area contributed by atoms with Crippen molar-refractivity contribution in [1.82, 2.24) is 4.98 Å². The number of H-pyrrole nitrogens is 1. The molecule has 2 rings (SSSR count). The maximum atomic E-state index is 8.63. The zero-order valence-corrected chi connectivity index (χ0v) is 7.86. The number of hydrogen-bond acceptors (Lipinski definition) is 3. The van der Waals surface area contributed by atoms with Crippen molar-refractivity contribution >= 4 is 21.3 Å². The molecule has 5 nitrogen and oxygen atoms in total. The first-order valence-corrected chi connectivity index (χ1v) is 5.04. The maximum absolute atomic E-state index is 8.63. The Hall–Kier alpha value is -1.37. The van der Waals surface area contributed by atoms with Crippen molar-refractivity contribution in [2.75, 3.05) is 0 Å². The van der Waals surface area contributed by atoms with Crippen LogP contribution in [0.15, 0.2) is 36.5 Å². The molecule has 0 unspecified atom stereocenters. The van der Waals surface area contributed by atoms with E-state index >= 15 is 0 Å². The number of rotatable bonds is 0. The summed E-state index contributed by atoms with van der Waals surface area (Å²) in [5, 5.41) is 1.28. The van der Waals surface area contributed by atoms with Crippen molar-refractivity contribution in [1.29, 1.82) is 0 Å². The molecule has 0 atom stereocenters. The highest BCUT2D eigenvalue weighted by Crippen LogP contribution is 2.09. The monoisotopic (exact) mass is 215 g/mol. The molecule has 0 amide bonds. The van der Waals surface area contributed by atoms with Crippen molar-refractivity contribution in [2.45, 2.75) is 0 Å². The summed E-state index contributed by atoms with van der Waals surface area (Å²) in [5.74, 6) is 0. The van der Waals surface area contributed by atoms with Crippen LogP contribution in [0.1, 0.15) is 1.43 Å². The highest BCUT2D eigenvalue weighted by molar-refractivity contribution is 7.79. The topological polar surface area (TPSA) is 93.2 Å². The van der Waals surface area contributed by atoms with E-state index in [-0.39, 0.29) is 1.43 Å². The normalized spacial score (nSPS) is 10.7. The molecular weight excluding hydrogens is 206 g/mol. The molecule has 0 fully saturated rings. The molecule has 2 N–H and O–H groups in total. The quantitative estimate of drug-likeness (QED) is 0.511. The highest BCUT2D eigenvalue weighted by Gasteiger charge is 1.86. The van der Waals surface area contributed by atoms with E-state index in [1.165, 1.54) is 10.9 Å². The van der Waals surface area contributed by atoms with Crippen molar-refractivity contribution < 1.29 is 18.9 Å². The fourth-order valence-electron chi connectivity index (χ4n) is 0.995. The fourth-order valence-corrected chi connectivity index (χ4v) is 0.995. The summed E-state index contributed by atoms with van der Waals surface area (Å²) in [5.41, 5.74) is 1.21. The largest absolute Gasteiger partial charge is 1.00 e.